The lowest BCUT2D eigenvalue weighted by molar-refractivity contribution is -0.141. The van der Waals surface area contributed by atoms with Crippen molar-refractivity contribution in [2.24, 2.45) is 0 Å². The van der Waals surface area contributed by atoms with E-state index in [9.17, 15) is 13.2 Å². The summed E-state index contributed by atoms with van der Waals surface area (Å²) < 4.78 is 41.7. The molecule has 4 aromatic rings. The van der Waals surface area contributed by atoms with Crippen LogP contribution in [0.1, 0.15) is 11.3 Å². The molecule has 122 valence electrons. The maximum absolute atomic E-state index is 13.1. The number of alkyl halides is 3. The summed E-state index contributed by atoms with van der Waals surface area (Å²) >= 11 is 2.71. The number of benzene rings is 1. The number of rotatable bonds is 2. The Morgan fingerprint density at radius 2 is 1.92 bits per heavy atom. The Hall–Kier alpha value is -2.19. The minimum absolute atomic E-state index is 0.352. The zero-order chi connectivity index (χ0) is 16.9. The van der Waals surface area contributed by atoms with E-state index >= 15 is 0 Å². The van der Waals surface area contributed by atoms with Crippen molar-refractivity contribution in [1.82, 2.24) is 14.8 Å². The number of halogens is 3. The second-order valence-corrected chi connectivity index (χ2v) is 7.19. The maximum Gasteiger partial charge on any atom is 0.435 e. The van der Waals surface area contributed by atoms with Gasteiger partial charge in [-0.05, 0) is 42.1 Å². The fourth-order valence-electron chi connectivity index (χ4n) is 2.35. The van der Waals surface area contributed by atoms with Crippen LogP contribution in [-0.2, 0) is 6.18 Å². The smallest absolute Gasteiger partial charge is 0.234 e. The largest absolute Gasteiger partial charge is 0.435 e. The van der Waals surface area contributed by atoms with Crippen LogP contribution in [0.15, 0.2) is 41.8 Å². The first-order valence-corrected chi connectivity index (χ1v) is 8.70. The molecule has 0 amide bonds. The van der Waals surface area contributed by atoms with Gasteiger partial charge in [0.1, 0.15) is 15.7 Å². The number of hydrogen-bond donors (Lipinski definition) is 0. The Bertz CT molecular complexity index is 994. The van der Waals surface area contributed by atoms with Gasteiger partial charge in [-0.25, -0.2) is 9.67 Å². The first kappa shape index (κ1) is 15.3. The molecule has 0 saturated carbocycles. The molecule has 0 saturated heterocycles. The fourth-order valence-corrected chi connectivity index (χ4v) is 4.18. The topological polar surface area (TPSA) is 30.7 Å². The summed E-state index contributed by atoms with van der Waals surface area (Å²) in [4.78, 5) is 4.47. The van der Waals surface area contributed by atoms with Crippen LogP contribution >= 0.6 is 22.7 Å². The van der Waals surface area contributed by atoms with E-state index in [2.05, 4.69) is 10.1 Å². The van der Waals surface area contributed by atoms with Gasteiger partial charge in [0, 0.05) is 0 Å². The van der Waals surface area contributed by atoms with Crippen molar-refractivity contribution in [3.63, 3.8) is 0 Å². The molecule has 0 aliphatic heterocycles. The Balaban J connectivity index is 1.94. The van der Waals surface area contributed by atoms with E-state index in [0.717, 1.165) is 21.8 Å². The van der Waals surface area contributed by atoms with Gasteiger partial charge >= 0.3 is 6.18 Å². The molecule has 0 atom stereocenters. The van der Waals surface area contributed by atoms with E-state index < -0.39 is 11.9 Å². The second-order valence-electron chi connectivity index (χ2n) is 5.27. The summed E-state index contributed by atoms with van der Waals surface area (Å²) in [5.74, 6) is 0. The minimum Gasteiger partial charge on any atom is -0.234 e. The van der Waals surface area contributed by atoms with Gasteiger partial charge in [0.15, 0.2) is 5.69 Å². The van der Waals surface area contributed by atoms with Gasteiger partial charge < -0.3 is 0 Å². The van der Waals surface area contributed by atoms with E-state index in [4.69, 9.17) is 0 Å². The van der Waals surface area contributed by atoms with Crippen molar-refractivity contribution in [2.45, 2.75) is 13.1 Å². The van der Waals surface area contributed by atoms with E-state index in [-0.39, 0.29) is 0 Å². The average Bonchev–Trinajstić information content (AvgIpc) is 3.22. The third-order valence-corrected chi connectivity index (χ3v) is 5.52. The fraction of sp³-hybridized carbons (Fsp3) is 0.125. The number of fused-ring (bicyclic) bond motifs is 1. The quantitative estimate of drug-likeness (QED) is 0.467. The van der Waals surface area contributed by atoms with Gasteiger partial charge in [-0.15, -0.1) is 22.7 Å². The summed E-state index contributed by atoms with van der Waals surface area (Å²) in [7, 11) is 0. The summed E-state index contributed by atoms with van der Waals surface area (Å²) in [5, 5.41) is 6.82. The van der Waals surface area contributed by atoms with Crippen molar-refractivity contribution in [2.75, 3.05) is 0 Å². The van der Waals surface area contributed by atoms with E-state index in [1.54, 1.807) is 0 Å². The van der Waals surface area contributed by atoms with Crippen molar-refractivity contribution in [3.8, 4) is 15.7 Å². The number of nitrogens with zero attached hydrogens (tertiary/aromatic N) is 3. The van der Waals surface area contributed by atoms with Crippen LogP contribution < -0.4 is 0 Å². The Morgan fingerprint density at radius 3 is 2.58 bits per heavy atom. The predicted octanol–water partition coefficient (Wildman–Crippen LogP) is 5.54. The molecule has 3 nitrogen and oxygen atoms in total. The van der Waals surface area contributed by atoms with Crippen LogP contribution in [0.2, 0.25) is 0 Å². The van der Waals surface area contributed by atoms with Crippen LogP contribution in [0.3, 0.4) is 0 Å². The number of hydrogen-bond acceptors (Lipinski definition) is 4. The number of thiazole rings is 1. The summed E-state index contributed by atoms with van der Waals surface area (Å²) in [6, 6.07) is 10.4. The molecule has 0 aliphatic rings. The van der Waals surface area contributed by atoms with Crippen LogP contribution in [0, 0.1) is 6.92 Å². The van der Waals surface area contributed by atoms with Crippen molar-refractivity contribution in [3.05, 3.63) is 53.0 Å². The first-order chi connectivity index (χ1) is 11.4. The van der Waals surface area contributed by atoms with E-state index in [1.807, 2.05) is 42.6 Å². The molecular weight excluding hydrogens is 355 g/mol. The molecule has 1 aromatic carbocycles. The molecule has 0 unspecified atom stereocenters. The number of aromatic nitrogens is 3. The molecule has 0 N–H and O–H groups in total. The number of thiophene rings is 1. The molecule has 3 heterocycles. The SMILES string of the molecule is Cc1csc(-n2nc(C(F)(F)F)cc2-c2nc3ccccc3s2)c1. The lowest BCUT2D eigenvalue weighted by Gasteiger charge is -2.02. The lowest BCUT2D eigenvalue weighted by atomic mass is 10.3. The highest BCUT2D eigenvalue weighted by atomic mass is 32.1. The zero-order valence-corrected chi connectivity index (χ0v) is 14.0. The Kier molecular flexibility index (Phi) is 3.47. The highest BCUT2D eigenvalue weighted by Crippen LogP contribution is 2.37. The van der Waals surface area contributed by atoms with Crippen molar-refractivity contribution < 1.29 is 13.2 Å². The summed E-state index contributed by atoms with van der Waals surface area (Å²) in [6.07, 6.45) is -4.50. The normalized spacial score (nSPS) is 12.2. The molecule has 0 bridgehead atoms. The third kappa shape index (κ3) is 2.61. The van der Waals surface area contributed by atoms with Crippen molar-refractivity contribution in [1.29, 1.82) is 0 Å². The van der Waals surface area contributed by atoms with Crippen LogP contribution in [0.5, 0.6) is 0 Å². The molecule has 0 spiro atoms. The van der Waals surface area contributed by atoms with Gasteiger partial charge in [-0.1, -0.05) is 12.1 Å². The number of para-hydroxylation sites is 1. The van der Waals surface area contributed by atoms with Gasteiger partial charge in [0.25, 0.3) is 0 Å². The number of aryl methyl sites for hydroxylation is 1. The molecule has 3 aromatic heterocycles. The minimum atomic E-state index is -4.50. The first-order valence-electron chi connectivity index (χ1n) is 7.00. The van der Waals surface area contributed by atoms with Gasteiger partial charge in [-0.3, -0.25) is 0 Å². The maximum atomic E-state index is 13.1. The Morgan fingerprint density at radius 1 is 1.12 bits per heavy atom. The van der Waals surface area contributed by atoms with Crippen LogP contribution in [0.25, 0.3) is 25.9 Å². The van der Waals surface area contributed by atoms with Crippen molar-refractivity contribution >= 4 is 32.9 Å². The Labute approximate surface area is 143 Å². The average molecular weight is 365 g/mol. The summed E-state index contributed by atoms with van der Waals surface area (Å²) in [5.41, 5.74) is 1.18. The van der Waals surface area contributed by atoms with E-state index in [1.165, 1.54) is 27.4 Å². The highest BCUT2D eigenvalue weighted by molar-refractivity contribution is 7.21. The molecule has 24 heavy (non-hydrogen) atoms. The molecule has 4 rings (SSSR count). The molecule has 0 fully saturated rings. The predicted molar refractivity (Wildman–Crippen MR) is 89.8 cm³/mol. The molecule has 0 aliphatic carbocycles. The molecule has 0 radical (unpaired) electrons. The monoisotopic (exact) mass is 365 g/mol. The molecular formula is C16H10F3N3S2. The highest BCUT2D eigenvalue weighted by Gasteiger charge is 2.35. The van der Waals surface area contributed by atoms with Gasteiger partial charge in [0.05, 0.1) is 10.2 Å². The van der Waals surface area contributed by atoms with Gasteiger partial charge in [0.2, 0.25) is 0 Å². The van der Waals surface area contributed by atoms with Crippen LogP contribution in [0.4, 0.5) is 13.2 Å². The van der Waals surface area contributed by atoms with E-state index in [0.29, 0.717) is 15.7 Å². The summed E-state index contributed by atoms with van der Waals surface area (Å²) in [6.45, 7) is 1.89. The molecule has 8 heteroatoms. The van der Waals surface area contributed by atoms with Crippen LogP contribution in [-0.4, -0.2) is 14.8 Å². The second kappa shape index (κ2) is 5.42. The lowest BCUT2D eigenvalue weighted by Crippen LogP contribution is -2.06. The standard InChI is InChI=1S/C16H10F3N3S2/c1-9-6-14(23-8-9)22-11(7-13(21-22)16(17,18)19)15-20-10-4-2-3-5-12(10)24-15/h2-8H,1H3. The van der Waals surface area contributed by atoms with Gasteiger partial charge in [-0.2, -0.15) is 18.3 Å². The zero-order valence-electron chi connectivity index (χ0n) is 12.3. The third-order valence-electron chi connectivity index (χ3n) is 3.44.